The molecule has 3 atom stereocenters. The van der Waals surface area contributed by atoms with Gasteiger partial charge in [0.1, 0.15) is 0 Å². The first-order valence-electron chi connectivity index (χ1n) is 8.49. The van der Waals surface area contributed by atoms with E-state index in [1.165, 1.54) is 12.1 Å². The van der Waals surface area contributed by atoms with Gasteiger partial charge in [0.25, 0.3) is 11.4 Å². The molecule has 0 unspecified atom stereocenters. The van der Waals surface area contributed by atoms with Crippen LogP contribution in [-0.4, -0.2) is 38.6 Å². The van der Waals surface area contributed by atoms with Crippen molar-refractivity contribution in [3.63, 3.8) is 0 Å². The Morgan fingerprint density at radius 2 is 2.00 bits per heavy atom. The predicted molar refractivity (Wildman–Crippen MR) is 88.6 cm³/mol. The normalized spacial score (nSPS) is 27.9. The highest BCUT2D eigenvalue weighted by molar-refractivity contribution is 5.95. The fourth-order valence-electron chi connectivity index (χ4n) is 3.73. The number of nitro groups is 1. The molecular formula is C17H18F3N3O4. The molecule has 1 aromatic rings. The number of hydrogen-bond acceptors (Lipinski definition) is 5. The van der Waals surface area contributed by atoms with Crippen LogP contribution in [0.5, 0.6) is 0 Å². The van der Waals surface area contributed by atoms with Crippen LogP contribution in [0.2, 0.25) is 0 Å². The molecule has 1 saturated carbocycles. The highest BCUT2D eigenvalue weighted by Gasteiger charge is 2.68. The second-order valence-corrected chi connectivity index (χ2v) is 6.94. The largest absolute Gasteiger partial charge is 0.439 e. The molecule has 1 heterocycles. The molecule has 1 aliphatic carbocycles. The monoisotopic (exact) mass is 385 g/mol. The minimum absolute atomic E-state index is 0.0977. The first-order valence-corrected chi connectivity index (χ1v) is 8.49. The Balaban J connectivity index is 1.90. The van der Waals surface area contributed by atoms with Crippen LogP contribution in [0.15, 0.2) is 29.4 Å². The fraction of sp³-hybridized carbons (Fsp3) is 0.529. The zero-order chi connectivity index (χ0) is 20.0. The summed E-state index contributed by atoms with van der Waals surface area (Å²) in [5.74, 6) is -2.55. The molecule has 1 aliphatic heterocycles. The van der Waals surface area contributed by atoms with Crippen molar-refractivity contribution in [1.82, 2.24) is 5.01 Å². The van der Waals surface area contributed by atoms with Gasteiger partial charge in [0.05, 0.1) is 17.3 Å². The van der Waals surface area contributed by atoms with Crippen molar-refractivity contribution in [2.24, 2.45) is 16.9 Å². The molecule has 1 amide bonds. The third kappa shape index (κ3) is 3.18. The molecule has 27 heavy (non-hydrogen) atoms. The third-order valence-electron chi connectivity index (χ3n) is 5.17. The van der Waals surface area contributed by atoms with Crippen LogP contribution >= 0.6 is 0 Å². The number of hydrogen-bond donors (Lipinski definition) is 1. The van der Waals surface area contributed by atoms with Gasteiger partial charge in [0.2, 0.25) is 5.91 Å². The number of hydrazone groups is 1. The quantitative estimate of drug-likeness (QED) is 0.639. The SMILES string of the molecule is C[C@@H]1CCC[C@@H]2C1=NN(C(=O)Cc1ccc([N+](=O)[O-])cc1)[C@@]2(O)C(F)(F)F. The van der Waals surface area contributed by atoms with E-state index in [1.807, 2.05) is 0 Å². The summed E-state index contributed by atoms with van der Waals surface area (Å²) < 4.78 is 41.2. The van der Waals surface area contributed by atoms with Crippen molar-refractivity contribution in [3.05, 3.63) is 39.9 Å². The lowest BCUT2D eigenvalue weighted by Crippen LogP contribution is -2.62. The number of aliphatic hydroxyl groups is 1. The minimum Gasteiger partial charge on any atom is -0.362 e. The molecule has 7 nitrogen and oxygen atoms in total. The van der Waals surface area contributed by atoms with Crippen LogP contribution in [0.25, 0.3) is 0 Å². The second kappa shape index (κ2) is 6.59. The highest BCUT2D eigenvalue weighted by Crippen LogP contribution is 2.49. The molecule has 0 saturated heterocycles. The smallest absolute Gasteiger partial charge is 0.362 e. The van der Waals surface area contributed by atoms with E-state index in [0.717, 1.165) is 12.1 Å². The molecule has 1 aromatic carbocycles. The maximum Gasteiger partial charge on any atom is 0.439 e. The van der Waals surface area contributed by atoms with Crippen molar-refractivity contribution in [2.45, 2.75) is 44.5 Å². The van der Waals surface area contributed by atoms with Crippen molar-refractivity contribution in [3.8, 4) is 0 Å². The number of amides is 1. The Labute approximate surface area is 152 Å². The Kier molecular flexibility index (Phi) is 4.71. The number of alkyl halides is 3. The average molecular weight is 385 g/mol. The van der Waals surface area contributed by atoms with Crippen LogP contribution in [-0.2, 0) is 11.2 Å². The molecule has 0 radical (unpaired) electrons. The molecular weight excluding hydrogens is 367 g/mol. The Morgan fingerprint density at radius 3 is 2.56 bits per heavy atom. The van der Waals surface area contributed by atoms with Gasteiger partial charge in [-0.05, 0) is 24.3 Å². The Morgan fingerprint density at radius 1 is 1.37 bits per heavy atom. The van der Waals surface area contributed by atoms with E-state index in [-0.39, 0.29) is 28.7 Å². The van der Waals surface area contributed by atoms with Crippen molar-refractivity contribution < 1.29 is 28.0 Å². The number of nitro benzene ring substituents is 1. The number of rotatable bonds is 3. The summed E-state index contributed by atoms with van der Waals surface area (Å²) in [5.41, 5.74) is -3.08. The molecule has 1 fully saturated rings. The zero-order valence-electron chi connectivity index (χ0n) is 14.4. The lowest BCUT2D eigenvalue weighted by Gasteiger charge is -2.39. The van der Waals surface area contributed by atoms with E-state index in [2.05, 4.69) is 5.10 Å². The fourth-order valence-corrected chi connectivity index (χ4v) is 3.73. The van der Waals surface area contributed by atoms with Crippen LogP contribution in [0.4, 0.5) is 18.9 Å². The number of carbonyl (C=O) groups is 1. The van der Waals surface area contributed by atoms with Crippen LogP contribution in [0, 0.1) is 22.0 Å². The van der Waals surface area contributed by atoms with Gasteiger partial charge in [-0.3, -0.25) is 14.9 Å². The number of non-ortho nitro benzene ring substituents is 1. The van der Waals surface area contributed by atoms with Gasteiger partial charge in [-0.15, -0.1) is 0 Å². The first-order chi connectivity index (χ1) is 12.6. The van der Waals surface area contributed by atoms with E-state index in [4.69, 9.17) is 0 Å². The molecule has 10 heteroatoms. The highest BCUT2D eigenvalue weighted by atomic mass is 19.4. The number of carbonyl (C=O) groups excluding carboxylic acids is 1. The first kappa shape index (κ1) is 19.3. The molecule has 3 rings (SSSR count). The Bertz CT molecular complexity index is 794. The lowest BCUT2D eigenvalue weighted by molar-refractivity contribution is -0.384. The zero-order valence-corrected chi connectivity index (χ0v) is 14.4. The van der Waals surface area contributed by atoms with E-state index in [1.54, 1.807) is 6.92 Å². The maximum atomic E-state index is 13.7. The Hall–Kier alpha value is -2.49. The predicted octanol–water partition coefficient (Wildman–Crippen LogP) is 3.02. The minimum atomic E-state index is -5.06. The summed E-state index contributed by atoms with van der Waals surface area (Å²) in [5, 5.41) is 25.2. The van der Waals surface area contributed by atoms with E-state index >= 15 is 0 Å². The molecule has 1 N–H and O–H groups in total. The van der Waals surface area contributed by atoms with Crippen LogP contribution in [0.3, 0.4) is 0 Å². The third-order valence-corrected chi connectivity index (χ3v) is 5.17. The van der Waals surface area contributed by atoms with Gasteiger partial charge in [0, 0.05) is 17.8 Å². The standard InChI is InChI=1S/C17H18F3N3O4/c1-10-3-2-4-13-15(10)21-22(16(13,25)17(18,19)20)14(24)9-11-5-7-12(8-6-11)23(26)27/h5-8,10,13,25H,2-4,9H2,1H3/t10-,13-,16+/m1/s1. The van der Waals surface area contributed by atoms with Crippen molar-refractivity contribution in [1.29, 1.82) is 0 Å². The number of nitrogens with zero attached hydrogens (tertiary/aromatic N) is 3. The average Bonchev–Trinajstić information content (AvgIpc) is 2.91. The second-order valence-electron chi connectivity index (χ2n) is 6.94. The molecule has 2 aliphatic rings. The molecule has 0 aromatic heterocycles. The van der Waals surface area contributed by atoms with Gasteiger partial charge in [-0.2, -0.15) is 23.3 Å². The van der Waals surface area contributed by atoms with Gasteiger partial charge in [0.15, 0.2) is 0 Å². The summed E-state index contributed by atoms with van der Waals surface area (Å²) in [6.07, 6.45) is -4.28. The number of halogens is 3. The van der Waals surface area contributed by atoms with E-state index in [9.17, 15) is 33.2 Å². The number of benzene rings is 1. The van der Waals surface area contributed by atoms with Crippen molar-refractivity contribution in [2.75, 3.05) is 0 Å². The lowest BCUT2D eigenvalue weighted by atomic mass is 9.75. The summed E-state index contributed by atoms with van der Waals surface area (Å²) in [7, 11) is 0. The molecule has 0 bridgehead atoms. The topological polar surface area (TPSA) is 96.0 Å². The van der Waals surface area contributed by atoms with Gasteiger partial charge in [-0.1, -0.05) is 25.5 Å². The molecule has 0 spiro atoms. The number of fused-ring (bicyclic) bond motifs is 1. The van der Waals surface area contributed by atoms with E-state index in [0.29, 0.717) is 18.4 Å². The van der Waals surface area contributed by atoms with Crippen LogP contribution in [0.1, 0.15) is 31.7 Å². The van der Waals surface area contributed by atoms with Crippen LogP contribution < -0.4 is 0 Å². The summed E-state index contributed by atoms with van der Waals surface area (Å²) in [6.45, 7) is 1.73. The molecule has 146 valence electrons. The maximum absolute atomic E-state index is 13.7. The summed E-state index contributed by atoms with van der Waals surface area (Å²) >= 11 is 0. The van der Waals surface area contributed by atoms with Crippen molar-refractivity contribution >= 4 is 17.3 Å². The van der Waals surface area contributed by atoms with E-state index < -0.39 is 35.1 Å². The van der Waals surface area contributed by atoms with Gasteiger partial charge >= 0.3 is 6.18 Å². The van der Waals surface area contributed by atoms with Gasteiger partial charge in [-0.25, -0.2) is 0 Å². The summed E-state index contributed by atoms with van der Waals surface area (Å²) in [4.78, 5) is 22.6. The summed E-state index contributed by atoms with van der Waals surface area (Å²) in [6, 6.07) is 4.91. The van der Waals surface area contributed by atoms with Gasteiger partial charge < -0.3 is 5.11 Å².